The van der Waals surface area contributed by atoms with Crippen molar-refractivity contribution < 1.29 is 4.74 Å². The summed E-state index contributed by atoms with van der Waals surface area (Å²) in [7, 11) is 0. The molecular formula is C13H25NO. The van der Waals surface area contributed by atoms with Crippen LogP contribution in [0.3, 0.4) is 0 Å². The maximum Gasteiger partial charge on any atom is 0.0551 e. The molecule has 2 nitrogen and oxygen atoms in total. The van der Waals surface area contributed by atoms with Crippen LogP contribution in [0.4, 0.5) is 0 Å². The highest BCUT2D eigenvalue weighted by molar-refractivity contribution is 4.86. The highest BCUT2D eigenvalue weighted by Crippen LogP contribution is 2.34. The Morgan fingerprint density at radius 2 is 1.73 bits per heavy atom. The van der Waals surface area contributed by atoms with E-state index in [1.165, 1.54) is 32.1 Å². The van der Waals surface area contributed by atoms with E-state index in [-0.39, 0.29) is 0 Å². The summed E-state index contributed by atoms with van der Waals surface area (Å²) in [6.45, 7) is 5.42. The van der Waals surface area contributed by atoms with Crippen molar-refractivity contribution in [2.75, 3.05) is 6.61 Å². The summed E-state index contributed by atoms with van der Waals surface area (Å²) in [5, 5.41) is 0. The molecule has 0 spiro atoms. The summed E-state index contributed by atoms with van der Waals surface area (Å²) >= 11 is 0. The van der Waals surface area contributed by atoms with Crippen LogP contribution in [0.2, 0.25) is 0 Å². The van der Waals surface area contributed by atoms with Gasteiger partial charge in [0.2, 0.25) is 0 Å². The van der Waals surface area contributed by atoms with Gasteiger partial charge in [-0.3, -0.25) is 0 Å². The van der Waals surface area contributed by atoms with Crippen molar-refractivity contribution in [3.63, 3.8) is 0 Å². The fourth-order valence-corrected chi connectivity index (χ4v) is 3.17. The lowest BCUT2D eigenvalue weighted by Crippen LogP contribution is -2.39. The Kier molecular flexibility index (Phi) is 3.68. The Morgan fingerprint density at radius 3 is 2.27 bits per heavy atom. The van der Waals surface area contributed by atoms with E-state index >= 15 is 0 Å². The average molecular weight is 211 g/mol. The largest absolute Gasteiger partial charge is 0.378 e. The van der Waals surface area contributed by atoms with E-state index in [1.54, 1.807) is 0 Å². The molecule has 1 saturated carbocycles. The van der Waals surface area contributed by atoms with E-state index in [0.717, 1.165) is 18.4 Å². The Morgan fingerprint density at radius 1 is 1.07 bits per heavy atom. The van der Waals surface area contributed by atoms with E-state index in [2.05, 4.69) is 13.8 Å². The Balaban J connectivity index is 1.82. The van der Waals surface area contributed by atoms with Crippen molar-refractivity contribution in [1.29, 1.82) is 0 Å². The van der Waals surface area contributed by atoms with Crippen LogP contribution in [0.15, 0.2) is 0 Å². The number of rotatable bonds is 2. The maximum absolute atomic E-state index is 6.38. The summed E-state index contributed by atoms with van der Waals surface area (Å²) in [6.07, 6.45) is 7.04. The zero-order valence-electron chi connectivity index (χ0n) is 10.1. The molecule has 2 heteroatoms. The maximum atomic E-state index is 6.38. The molecule has 0 amide bonds. The quantitative estimate of drug-likeness (QED) is 0.762. The first kappa shape index (κ1) is 11.4. The first-order valence-electron chi connectivity index (χ1n) is 6.54. The van der Waals surface area contributed by atoms with E-state index in [1.807, 2.05) is 0 Å². The van der Waals surface area contributed by atoms with E-state index in [0.29, 0.717) is 18.1 Å². The van der Waals surface area contributed by atoms with Gasteiger partial charge in [0, 0.05) is 12.0 Å². The van der Waals surface area contributed by atoms with Gasteiger partial charge >= 0.3 is 0 Å². The summed E-state index contributed by atoms with van der Waals surface area (Å²) in [4.78, 5) is 0. The van der Waals surface area contributed by atoms with Gasteiger partial charge in [0.25, 0.3) is 0 Å². The van der Waals surface area contributed by atoms with Gasteiger partial charge in [0.15, 0.2) is 0 Å². The number of hydrogen-bond acceptors (Lipinski definition) is 2. The van der Waals surface area contributed by atoms with Crippen LogP contribution in [0.5, 0.6) is 0 Å². The van der Waals surface area contributed by atoms with Gasteiger partial charge in [-0.1, -0.05) is 19.8 Å². The SMILES string of the molecule is CC1CCC(C(N)C2COC(C)C2)CC1. The summed E-state index contributed by atoms with van der Waals surface area (Å²) in [5.74, 6) is 2.31. The molecule has 0 bridgehead atoms. The highest BCUT2D eigenvalue weighted by Gasteiger charge is 2.33. The Labute approximate surface area is 93.6 Å². The molecule has 15 heavy (non-hydrogen) atoms. The second-order valence-electron chi connectivity index (χ2n) is 5.74. The molecule has 3 unspecified atom stereocenters. The molecule has 2 aliphatic rings. The van der Waals surface area contributed by atoms with Gasteiger partial charge in [0.05, 0.1) is 12.7 Å². The van der Waals surface area contributed by atoms with E-state index in [4.69, 9.17) is 10.5 Å². The standard InChI is InChI=1S/C13H25NO/c1-9-3-5-11(6-4-9)13(14)12-7-10(2)15-8-12/h9-13H,3-8,14H2,1-2H3. The van der Waals surface area contributed by atoms with E-state index in [9.17, 15) is 0 Å². The predicted molar refractivity (Wildman–Crippen MR) is 62.6 cm³/mol. The Bertz CT molecular complexity index is 199. The number of ether oxygens (including phenoxy) is 1. The third kappa shape index (κ3) is 2.73. The molecule has 1 aliphatic heterocycles. The van der Waals surface area contributed by atoms with Crippen molar-refractivity contribution >= 4 is 0 Å². The van der Waals surface area contributed by atoms with Gasteiger partial charge in [-0.15, -0.1) is 0 Å². The molecule has 0 aromatic carbocycles. The van der Waals surface area contributed by atoms with Gasteiger partial charge < -0.3 is 10.5 Å². The average Bonchev–Trinajstić information content (AvgIpc) is 2.65. The fourth-order valence-electron chi connectivity index (χ4n) is 3.17. The third-order valence-electron chi connectivity index (χ3n) is 4.38. The lowest BCUT2D eigenvalue weighted by atomic mass is 9.75. The Hall–Kier alpha value is -0.0800. The van der Waals surface area contributed by atoms with Gasteiger partial charge in [-0.05, 0) is 38.0 Å². The topological polar surface area (TPSA) is 35.2 Å². The molecular weight excluding hydrogens is 186 g/mol. The minimum Gasteiger partial charge on any atom is -0.378 e. The van der Waals surface area contributed by atoms with Crippen molar-refractivity contribution in [3.8, 4) is 0 Å². The molecule has 1 heterocycles. The zero-order valence-corrected chi connectivity index (χ0v) is 10.1. The monoisotopic (exact) mass is 211 g/mol. The number of nitrogens with two attached hydrogens (primary N) is 1. The molecule has 88 valence electrons. The minimum atomic E-state index is 0.391. The van der Waals surface area contributed by atoms with Crippen LogP contribution in [0.25, 0.3) is 0 Å². The van der Waals surface area contributed by atoms with Crippen molar-refractivity contribution in [2.24, 2.45) is 23.5 Å². The lowest BCUT2D eigenvalue weighted by Gasteiger charge is -2.33. The summed E-state index contributed by atoms with van der Waals surface area (Å²) in [5.41, 5.74) is 6.38. The molecule has 3 atom stereocenters. The summed E-state index contributed by atoms with van der Waals surface area (Å²) < 4.78 is 5.62. The van der Waals surface area contributed by atoms with Gasteiger partial charge in [-0.2, -0.15) is 0 Å². The third-order valence-corrected chi connectivity index (χ3v) is 4.38. The molecule has 2 N–H and O–H groups in total. The smallest absolute Gasteiger partial charge is 0.0551 e. The molecule has 1 saturated heterocycles. The van der Waals surface area contributed by atoms with Crippen LogP contribution in [0.1, 0.15) is 46.0 Å². The normalized spacial score (nSPS) is 44.2. The molecule has 0 radical (unpaired) electrons. The van der Waals surface area contributed by atoms with Crippen molar-refractivity contribution in [1.82, 2.24) is 0 Å². The second kappa shape index (κ2) is 4.84. The van der Waals surface area contributed by atoms with Gasteiger partial charge in [-0.25, -0.2) is 0 Å². The number of hydrogen-bond donors (Lipinski definition) is 1. The molecule has 2 fully saturated rings. The van der Waals surface area contributed by atoms with Crippen LogP contribution in [-0.2, 0) is 4.74 Å². The van der Waals surface area contributed by atoms with Crippen LogP contribution < -0.4 is 5.73 Å². The van der Waals surface area contributed by atoms with Crippen molar-refractivity contribution in [3.05, 3.63) is 0 Å². The molecule has 2 rings (SSSR count). The first-order valence-corrected chi connectivity index (χ1v) is 6.54. The van der Waals surface area contributed by atoms with Crippen LogP contribution in [0, 0.1) is 17.8 Å². The summed E-state index contributed by atoms with van der Waals surface area (Å²) in [6, 6.07) is 0.391. The van der Waals surface area contributed by atoms with Gasteiger partial charge in [0.1, 0.15) is 0 Å². The predicted octanol–water partition coefficient (Wildman–Crippen LogP) is 2.57. The highest BCUT2D eigenvalue weighted by atomic mass is 16.5. The van der Waals surface area contributed by atoms with Crippen molar-refractivity contribution in [2.45, 2.75) is 58.1 Å². The second-order valence-corrected chi connectivity index (χ2v) is 5.74. The molecule has 1 aliphatic carbocycles. The zero-order chi connectivity index (χ0) is 10.8. The van der Waals surface area contributed by atoms with Crippen LogP contribution >= 0.6 is 0 Å². The first-order chi connectivity index (χ1) is 7.16. The molecule has 0 aromatic rings. The molecule has 0 aromatic heterocycles. The fraction of sp³-hybridized carbons (Fsp3) is 1.00. The lowest BCUT2D eigenvalue weighted by molar-refractivity contribution is 0.113. The van der Waals surface area contributed by atoms with E-state index < -0.39 is 0 Å². The minimum absolute atomic E-state index is 0.391. The van der Waals surface area contributed by atoms with Crippen LogP contribution in [-0.4, -0.2) is 18.8 Å².